The van der Waals surface area contributed by atoms with E-state index in [0.717, 1.165) is 11.1 Å². The van der Waals surface area contributed by atoms with Crippen molar-refractivity contribution in [3.05, 3.63) is 78.2 Å². The van der Waals surface area contributed by atoms with Crippen LogP contribution in [0.5, 0.6) is 0 Å². The van der Waals surface area contributed by atoms with Crippen molar-refractivity contribution in [1.82, 2.24) is 25.0 Å². The van der Waals surface area contributed by atoms with E-state index in [2.05, 4.69) is 32.5 Å². The molecule has 4 rings (SSSR count). The molecule has 3 N–H and O–H groups in total. The molecule has 1 atom stereocenters. The standard InChI is InChI=1S/C22H22FN7/c1-15(16-5-3-2-4-6-16)26-22-25-13-11-19(27-22)21-20(28-29-30(21)14-12-24)17-7-9-18(23)10-8-17/h2-11,13,15H,12,14,24H2,1H3,(H,25,26,27)/t15-/m0/s1. The van der Waals surface area contributed by atoms with E-state index < -0.39 is 0 Å². The van der Waals surface area contributed by atoms with Gasteiger partial charge in [0, 0.05) is 18.3 Å². The molecule has 8 heteroatoms. The lowest BCUT2D eigenvalue weighted by Gasteiger charge is -2.15. The summed E-state index contributed by atoms with van der Waals surface area (Å²) in [5.74, 6) is 0.187. The Kier molecular flexibility index (Phi) is 5.76. The summed E-state index contributed by atoms with van der Waals surface area (Å²) in [7, 11) is 0. The molecular formula is C22H22FN7. The van der Waals surface area contributed by atoms with Gasteiger partial charge in [-0.15, -0.1) is 5.10 Å². The summed E-state index contributed by atoms with van der Waals surface area (Å²) in [5, 5.41) is 11.9. The van der Waals surface area contributed by atoms with Crippen molar-refractivity contribution in [2.45, 2.75) is 19.5 Å². The van der Waals surface area contributed by atoms with Gasteiger partial charge < -0.3 is 11.1 Å². The molecular weight excluding hydrogens is 381 g/mol. The second-order valence-electron chi connectivity index (χ2n) is 6.85. The fourth-order valence-corrected chi connectivity index (χ4v) is 3.23. The minimum Gasteiger partial charge on any atom is -0.348 e. The molecule has 0 radical (unpaired) electrons. The molecule has 2 heterocycles. The molecule has 0 saturated heterocycles. The van der Waals surface area contributed by atoms with Gasteiger partial charge in [0.1, 0.15) is 17.2 Å². The first kappa shape index (κ1) is 19.7. The zero-order chi connectivity index (χ0) is 20.9. The van der Waals surface area contributed by atoms with Crippen LogP contribution in [0, 0.1) is 5.82 Å². The summed E-state index contributed by atoms with van der Waals surface area (Å²) in [5.41, 5.74) is 9.62. The third-order valence-electron chi connectivity index (χ3n) is 4.74. The smallest absolute Gasteiger partial charge is 0.223 e. The summed E-state index contributed by atoms with van der Waals surface area (Å²) in [6.45, 7) is 2.94. The SMILES string of the molecule is C[C@H](Nc1nccc(-c2c(-c3ccc(F)cc3)nnn2CCN)n1)c1ccccc1. The van der Waals surface area contributed by atoms with Gasteiger partial charge in [-0.25, -0.2) is 19.0 Å². The Labute approximate surface area is 173 Å². The Balaban J connectivity index is 1.70. The van der Waals surface area contributed by atoms with Crippen LogP contribution in [0.2, 0.25) is 0 Å². The predicted molar refractivity (Wildman–Crippen MR) is 114 cm³/mol. The van der Waals surface area contributed by atoms with Gasteiger partial charge in [-0.05, 0) is 42.8 Å². The fraction of sp³-hybridized carbons (Fsp3) is 0.182. The van der Waals surface area contributed by atoms with Crippen molar-refractivity contribution >= 4 is 5.95 Å². The molecule has 0 aliphatic heterocycles. The summed E-state index contributed by atoms with van der Waals surface area (Å²) in [6.07, 6.45) is 1.69. The van der Waals surface area contributed by atoms with Gasteiger partial charge in [-0.2, -0.15) is 0 Å². The van der Waals surface area contributed by atoms with Crippen molar-refractivity contribution in [2.75, 3.05) is 11.9 Å². The van der Waals surface area contributed by atoms with E-state index in [-0.39, 0.29) is 11.9 Å². The van der Waals surface area contributed by atoms with Crippen LogP contribution in [0.15, 0.2) is 66.9 Å². The zero-order valence-electron chi connectivity index (χ0n) is 16.5. The number of benzene rings is 2. The maximum absolute atomic E-state index is 13.4. The molecule has 0 amide bonds. The number of nitrogens with zero attached hydrogens (tertiary/aromatic N) is 5. The van der Waals surface area contributed by atoms with Crippen molar-refractivity contribution in [3.8, 4) is 22.6 Å². The minimum absolute atomic E-state index is 0.0325. The molecule has 0 aliphatic rings. The second-order valence-corrected chi connectivity index (χ2v) is 6.85. The van der Waals surface area contributed by atoms with Crippen molar-refractivity contribution in [3.63, 3.8) is 0 Å². The molecule has 152 valence electrons. The highest BCUT2D eigenvalue weighted by atomic mass is 19.1. The lowest BCUT2D eigenvalue weighted by molar-refractivity contribution is 0.603. The van der Waals surface area contributed by atoms with Crippen LogP contribution in [0.3, 0.4) is 0 Å². The molecule has 0 spiro atoms. The molecule has 4 aromatic rings. The van der Waals surface area contributed by atoms with Gasteiger partial charge in [0.25, 0.3) is 0 Å². The Morgan fingerprint density at radius 2 is 1.83 bits per heavy atom. The summed E-state index contributed by atoms with van der Waals surface area (Å²) in [6, 6.07) is 18.1. The normalized spacial score (nSPS) is 12.0. The lowest BCUT2D eigenvalue weighted by Crippen LogP contribution is -2.13. The molecule has 0 saturated carbocycles. The molecule has 2 aromatic heterocycles. The first-order chi connectivity index (χ1) is 14.7. The van der Waals surface area contributed by atoms with Crippen LogP contribution in [0.1, 0.15) is 18.5 Å². The highest BCUT2D eigenvalue weighted by Gasteiger charge is 2.19. The maximum atomic E-state index is 13.4. The topological polar surface area (TPSA) is 94.5 Å². The van der Waals surface area contributed by atoms with Crippen LogP contribution >= 0.6 is 0 Å². The number of anilines is 1. The largest absolute Gasteiger partial charge is 0.348 e. The minimum atomic E-state index is -0.307. The Morgan fingerprint density at radius 1 is 1.07 bits per heavy atom. The van der Waals surface area contributed by atoms with E-state index in [1.807, 2.05) is 30.3 Å². The third kappa shape index (κ3) is 4.18. The molecule has 0 aliphatic carbocycles. The number of hydrogen-bond donors (Lipinski definition) is 2. The molecule has 0 bridgehead atoms. The van der Waals surface area contributed by atoms with Crippen LogP contribution in [-0.4, -0.2) is 31.5 Å². The Bertz CT molecular complexity index is 1110. The van der Waals surface area contributed by atoms with E-state index >= 15 is 0 Å². The number of hydrogen-bond acceptors (Lipinski definition) is 6. The van der Waals surface area contributed by atoms with Crippen molar-refractivity contribution < 1.29 is 4.39 Å². The zero-order valence-corrected chi connectivity index (χ0v) is 16.5. The first-order valence-corrected chi connectivity index (χ1v) is 9.70. The summed E-state index contributed by atoms with van der Waals surface area (Å²) < 4.78 is 15.1. The summed E-state index contributed by atoms with van der Waals surface area (Å²) in [4.78, 5) is 9.05. The highest BCUT2D eigenvalue weighted by molar-refractivity contribution is 5.76. The van der Waals surface area contributed by atoms with Gasteiger partial charge >= 0.3 is 0 Å². The molecule has 0 unspecified atom stereocenters. The van der Waals surface area contributed by atoms with E-state index in [1.54, 1.807) is 29.1 Å². The third-order valence-corrected chi connectivity index (χ3v) is 4.74. The average molecular weight is 403 g/mol. The van der Waals surface area contributed by atoms with Crippen molar-refractivity contribution in [1.29, 1.82) is 0 Å². The number of nitrogens with one attached hydrogen (secondary N) is 1. The van der Waals surface area contributed by atoms with E-state index in [1.165, 1.54) is 12.1 Å². The summed E-state index contributed by atoms with van der Waals surface area (Å²) >= 11 is 0. The van der Waals surface area contributed by atoms with Gasteiger partial charge in [0.15, 0.2) is 0 Å². The first-order valence-electron chi connectivity index (χ1n) is 9.70. The van der Waals surface area contributed by atoms with E-state index in [9.17, 15) is 4.39 Å². The highest BCUT2D eigenvalue weighted by Crippen LogP contribution is 2.30. The second kappa shape index (κ2) is 8.79. The quantitative estimate of drug-likeness (QED) is 0.489. The predicted octanol–water partition coefficient (Wildman–Crippen LogP) is 3.67. The van der Waals surface area contributed by atoms with Crippen molar-refractivity contribution in [2.24, 2.45) is 5.73 Å². The number of nitrogens with two attached hydrogens (primary N) is 1. The van der Waals surface area contributed by atoms with E-state index in [4.69, 9.17) is 5.73 Å². The van der Waals surface area contributed by atoms with Crippen LogP contribution in [-0.2, 0) is 6.54 Å². The number of aromatic nitrogens is 5. The maximum Gasteiger partial charge on any atom is 0.223 e. The number of halogens is 1. The van der Waals surface area contributed by atoms with Crippen LogP contribution < -0.4 is 11.1 Å². The lowest BCUT2D eigenvalue weighted by atomic mass is 10.1. The van der Waals surface area contributed by atoms with E-state index in [0.29, 0.717) is 36.1 Å². The monoisotopic (exact) mass is 403 g/mol. The van der Waals surface area contributed by atoms with Gasteiger partial charge in [0.05, 0.1) is 18.3 Å². The Hall–Kier alpha value is -3.65. The van der Waals surface area contributed by atoms with Gasteiger partial charge in [-0.3, -0.25) is 0 Å². The van der Waals surface area contributed by atoms with Crippen LogP contribution in [0.4, 0.5) is 10.3 Å². The van der Waals surface area contributed by atoms with Gasteiger partial charge in [-0.1, -0.05) is 35.5 Å². The molecule has 2 aromatic carbocycles. The molecule has 30 heavy (non-hydrogen) atoms. The fourth-order valence-electron chi connectivity index (χ4n) is 3.23. The molecule has 7 nitrogen and oxygen atoms in total. The van der Waals surface area contributed by atoms with Gasteiger partial charge in [0.2, 0.25) is 5.95 Å². The Morgan fingerprint density at radius 3 is 2.57 bits per heavy atom. The average Bonchev–Trinajstić information content (AvgIpc) is 3.19. The van der Waals surface area contributed by atoms with Crippen LogP contribution in [0.25, 0.3) is 22.6 Å². The molecule has 0 fully saturated rings. The number of rotatable bonds is 7.